The average molecular weight is 283 g/mol. The van der Waals surface area contributed by atoms with Crippen LogP contribution < -0.4 is 15.5 Å². The van der Waals surface area contributed by atoms with Crippen LogP contribution in [0.25, 0.3) is 0 Å². The molecule has 6 nitrogen and oxygen atoms in total. The summed E-state index contributed by atoms with van der Waals surface area (Å²) in [6.45, 7) is 1.80. The van der Waals surface area contributed by atoms with Gasteiger partial charge in [-0.05, 0) is 24.3 Å². The third-order valence-electron chi connectivity index (χ3n) is 3.67. The average Bonchev–Trinajstić information content (AvgIpc) is 2.55. The SMILES string of the molecule is CN1CCN(c2ccc(C(N)=NO)cn2)c2ccccc21. The highest BCUT2D eigenvalue weighted by atomic mass is 16.4. The molecule has 0 spiro atoms. The molecule has 0 fully saturated rings. The normalized spacial score (nSPS) is 15.0. The van der Waals surface area contributed by atoms with Crippen molar-refractivity contribution in [1.29, 1.82) is 0 Å². The molecule has 0 saturated heterocycles. The highest BCUT2D eigenvalue weighted by molar-refractivity contribution is 5.96. The van der Waals surface area contributed by atoms with E-state index in [1.807, 2.05) is 18.2 Å². The van der Waals surface area contributed by atoms with Crippen molar-refractivity contribution in [1.82, 2.24) is 4.98 Å². The molecule has 1 aliphatic rings. The number of pyridine rings is 1. The number of amidine groups is 1. The molecule has 0 saturated carbocycles. The Kier molecular flexibility index (Phi) is 3.35. The Hall–Kier alpha value is -2.76. The maximum atomic E-state index is 8.68. The number of oxime groups is 1. The van der Waals surface area contributed by atoms with Crippen molar-refractivity contribution in [3.63, 3.8) is 0 Å². The van der Waals surface area contributed by atoms with Crippen LogP contribution in [0.2, 0.25) is 0 Å². The van der Waals surface area contributed by atoms with Gasteiger partial charge in [-0.1, -0.05) is 17.3 Å². The molecular formula is C15H17N5O. The Bertz CT molecular complexity index is 668. The first-order valence-electron chi connectivity index (χ1n) is 6.72. The molecule has 0 bridgehead atoms. The lowest BCUT2D eigenvalue weighted by Crippen LogP contribution is -2.36. The van der Waals surface area contributed by atoms with E-state index >= 15 is 0 Å². The number of likely N-dealkylation sites (N-methyl/N-ethyl adjacent to an activating group) is 1. The Balaban J connectivity index is 1.96. The van der Waals surface area contributed by atoms with E-state index in [0.29, 0.717) is 5.56 Å². The van der Waals surface area contributed by atoms with Crippen molar-refractivity contribution in [3.05, 3.63) is 48.2 Å². The number of benzene rings is 1. The van der Waals surface area contributed by atoms with Crippen molar-refractivity contribution in [2.75, 3.05) is 29.9 Å². The topological polar surface area (TPSA) is 78.0 Å². The van der Waals surface area contributed by atoms with Gasteiger partial charge in [-0.2, -0.15) is 0 Å². The summed E-state index contributed by atoms with van der Waals surface area (Å²) in [7, 11) is 2.09. The summed E-state index contributed by atoms with van der Waals surface area (Å²) in [6.07, 6.45) is 1.62. The van der Waals surface area contributed by atoms with Crippen molar-refractivity contribution >= 4 is 23.0 Å². The van der Waals surface area contributed by atoms with Gasteiger partial charge in [0.05, 0.1) is 11.4 Å². The fourth-order valence-corrected chi connectivity index (χ4v) is 2.50. The first-order chi connectivity index (χ1) is 10.2. The minimum absolute atomic E-state index is 0.0628. The zero-order valence-corrected chi connectivity index (χ0v) is 11.8. The van der Waals surface area contributed by atoms with E-state index in [2.05, 4.69) is 39.1 Å². The molecule has 3 N–H and O–H groups in total. The van der Waals surface area contributed by atoms with E-state index in [-0.39, 0.29) is 5.84 Å². The van der Waals surface area contributed by atoms with Crippen LogP contribution in [0.3, 0.4) is 0 Å². The Labute approximate surface area is 123 Å². The first kappa shape index (κ1) is 13.2. The summed E-state index contributed by atoms with van der Waals surface area (Å²) in [4.78, 5) is 8.84. The van der Waals surface area contributed by atoms with E-state index in [4.69, 9.17) is 10.9 Å². The minimum Gasteiger partial charge on any atom is -0.409 e. The predicted molar refractivity (Wildman–Crippen MR) is 83.5 cm³/mol. The Morgan fingerprint density at radius 1 is 1.19 bits per heavy atom. The molecule has 3 rings (SSSR count). The predicted octanol–water partition coefficient (Wildman–Crippen LogP) is 1.76. The molecule has 108 valence electrons. The highest BCUT2D eigenvalue weighted by Crippen LogP contribution is 2.35. The van der Waals surface area contributed by atoms with Crippen molar-refractivity contribution in [2.24, 2.45) is 10.9 Å². The molecular weight excluding hydrogens is 266 g/mol. The third-order valence-corrected chi connectivity index (χ3v) is 3.67. The molecule has 1 aromatic heterocycles. The maximum Gasteiger partial charge on any atom is 0.171 e. The molecule has 6 heteroatoms. The molecule has 1 aliphatic heterocycles. The molecule has 0 aliphatic carbocycles. The number of aromatic nitrogens is 1. The van der Waals surface area contributed by atoms with E-state index in [9.17, 15) is 0 Å². The van der Waals surface area contributed by atoms with Crippen LogP contribution in [0.4, 0.5) is 17.2 Å². The largest absolute Gasteiger partial charge is 0.409 e. The number of para-hydroxylation sites is 2. The van der Waals surface area contributed by atoms with Crippen LogP contribution >= 0.6 is 0 Å². The molecule has 2 aromatic rings. The molecule has 0 unspecified atom stereocenters. The van der Waals surface area contributed by atoms with Crippen molar-refractivity contribution in [3.8, 4) is 0 Å². The summed E-state index contributed by atoms with van der Waals surface area (Å²) in [5, 5.41) is 11.7. The van der Waals surface area contributed by atoms with Gasteiger partial charge < -0.3 is 20.7 Å². The van der Waals surface area contributed by atoms with Gasteiger partial charge >= 0.3 is 0 Å². The van der Waals surface area contributed by atoms with Gasteiger partial charge in [0.2, 0.25) is 0 Å². The summed E-state index contributed by atoms with van der Waals surface area (Å²) < 4.78 is 0. The smallest absolute Gasteiger partial charge is 0.171 e. The number of nitrogens with zero attached hydrogens (tertiary/aromatic N) is 4. The Morgan fingerprint density at radius 2 is 1.95 bits per heavy atom. The first-order valence-corrected chi connectivity index (χ1v) is 6.72. The van der Waals surface area contributed by atoms with Crippen LogP contribution in [-0.4, -0.2) is 36.2 Å². The highest BCUT2D eigenvalue weighted by Gasteiger charge is 2.21. The lowest BCUT2D eigenvalue weighted by molar-refractivity contribution is 0.318. The second-order valence-electron chi connectivity index (χ2n) is 4.95. The van der Waals surface area contributed by atoms with Gasteiger partial charge in [0.25, 0.3) is 0 Å². The standard InChI is InChI=1S/C15H17N5O/c1-19-8-9-20(13-5-3-2-4-12(13)19)14-7-6-11(10-17-14)15(16)18-21/h2-7,10,21H,8-9H2,1H3,(H2,16,18). The van der Waals surface area contributed by atoms with Crippen LogP contribution in [0, 0.1) is 0 Å². The van der Waals surface area contributed by atoms with Crippen LogP contribution in [0.5, 0.6) is 0 Å². The van der Waals surface area contributed by atoms with Gasteiger partial charge in [0, 0.05) is 31.9 Å². The van der Waals surface area contributed by atoms with E-state index in [1.165, 1.54) is 5.69 Å². The van der Waals surface area contributed by atoms with E-state index < -0.39 is 0 Å². The number of hydrogen-bond donors (Lipinski definition) is 2. The Morgan fingerprint density at radius 3 is 2.62 bits per heavy atom. The van der Waals surface area contributed by atoms with E-state index in [1.54, 1.807) is 12.3 Å². The third kappa shape index (κ3) is 2.35. The summed E-state index contributed by atoms with van der Waals surface area (Å²) in [5.41, 5.74) is 8.48. The number of hydrogen-bond acceptors (Lipinski definition) is 5. The molecule has 0 amide bonds. The van der Waals surface area contributed by atoms with Crippen molar-refractivity contribution < 1.29 is 5.21 Å². The fraction of sp³-hybridized carbons (Fsp3) is 0.200. The van der Waals surface area contributed by atoms with E-state index in [0.717, 1.165) is 24.6 Å². The molecule has 2 heterocycles. The second-order valence-corrected chi connectivity index (χ2v) is 4.95. The fourth-order valence-electron chi connectivity index (χ4n) is 2.50. The van der Waals surface area contributed by atoms with Gasteiger partial charge in [-0.15, -0.1) is 0 Å². The van der Waals surface area contributed by atoms with Gasteiger partial charge in [-0.25, -0.2) is 4.98 Å². The number of nitrogens with two attached hydrogens (primary N) is 1. The van der Waals surface area contributed by atoms with Gasteiger partial charge in [-0.3, -0.25) is 0 Å². The zero-order valence-electron chi connectivity index (χ0n) is 11.8. The summed E-state index contributed by atoms with van der Waals surface area (Å²) in [5.74, 6) is 0.915. The molecule has 1 aromatic carbocycles. The quantitative estimate of drug-likeness (QED) is 0.380. The number of rotatable bonds is 2. The van der Waals surface area contributed by atoms with Gasteiger partial charge in [0.1, 0.15) is 5.82 Å². The molecule has 0 atom stereocenters. The lowest BCUT2D eigenvalue weighted by Gasteiger charge is -2.36. The van der Waals surface area contributed by atoms with Crippen molar-refractivity contribution in [2.45, 2.75) is 0 Å². The number of fused-ring (bicyclic) bond motifs is 1. The zero-order chi connectivity index (χ0) is 14.8. The van der Waals surface area contributed by atoms with Gasteiger partial charge in [0.15, 0.2) is 5.84 Å². The number of anilines is 3. The lowest BCUT2D eigenvalue weighted by atomic mass is 10.1. The summed E-state index contributed by atoms with van der Waals surface area (Å²) >= 11 is 0. The van der Waals surface area contributed by atoms with Crippen LogP contribution in [0.1, 0.15) is 5.56 Å². The van der Waals surface area contributed by atoms with Crippen LogP contribution in [-0.2, 0) is 0 Å². The van der Waals surface area contributed by atoms with Crippen LogP contribution in [0.15, 0.2) is 47.8 Å². The second kappa shape index (κ2) is 5.32. The molecule has 21 heavy (non-hydrogen) atoms. The maximum absolute atomic E-state index is 8.68. The monoisotopic (exact) mass is 283 g/mol. The minimum atomic E-state index is 0.0628. The molecule has 0 radical (unpaired) electrons. The summed E-state index contributed by atoms with van der Waals surface area (Å²) in [6, 6.07) is 11.9.